The number of hydrogen-bond acceptors (Lipinski definition) is 3. The van der Waals surface area contributed by atoms with Crippen molar-refractivity contribution in [3.8, 4) is 0 Å². The van der Waals surface area contributed by atoms with Gasteiger partial charge in [-0.05, 0) is 43.3 Å². The third-order valence-electron chi connectivity index (χ3n) is 2.73. The number of carbonyl (C=O) groups is 1. The Kier molecular flexibility index (Phi) is 5.80. The minimum Gasteiger partial charge on any atom is -0.352 e. The first-order valence-electron chi connectivity index (χ1n) is 5.37. The highest BCUT2D eigenvalue weighted by Gasteiger charge is 2.14. The van der Waals surface area contributed by atoms with E-state index >= 15 is 0 Å². The van der Waals surface area contributed by atoms with Crippen molar-refractivity contribution in [2.45, 2.75) is 12.8 Å². The monoisotopic (exact) mass is 260 g/mol. The Balaban J connectivity index is 0.00000128. The zero-order valence-corrected chi connectivity index (χ0v) is 10.7. The summed E-state index contributed by atoms with van der Waals surface area (Å²) in [5.41, 5.74) is 0.781. The van der Waals surface area contributed by atoms with Crippen LogP contribution in [0.4, 0.5) is 0 Å². The Morgan fingerprint density at radius 1 is 1.62 bits per heavy atom. The van der Waals surface area contributed by atoms with E-state index in [9.17, 15) is 4.79 Å². The molecule has 0 spiro atoms. The topological polar surface area (TPSA) is 41.1 Å². The van der Waals surface area contributed by atoms with Crippen LogP contribution in [0.5, 0.6) is 0 Å². The molecule has 1 amide bonds. The highest BCUT2D eigenvalue weighted by atomic mass is 35.5. The van der Waals surface area contributed by atoms with Crippen molar-refractivity contribution in [1.82, 2.24) is 10.6 Å². The highest BCUT2D eigenvalue weighted by molar-refractivity contribution is 7.08. The van der Waals surface area contributed by atoms with Crippen LogP contribution in [0.3, 0.4) is 0 Å². The van der Waals surface area contributed by atoms with Gasteiger partial charge in [0.25, 0.3) is 5.91 Å². The molecule has 16 heavy (non-hydrogen) atoms. The Morgan fingerprint density at radius 2 is 2.50 bits per heavy atom. The van der Waals surface area contributed by atoms with Gasteiger partial charge in [0, 0.05) is 17.5 Å². The number of halogens is 1. The Labute approximate surface area is 106 Å². The summed E-state index contributed by atoms with van der Waals surface area (Å²) in [5, 5.41) is 10.1. The number of carbonyl (C=O) groups excluding carboxylic acids is 1. The van der Waals surface area contributed by atoms with Gasteiger partial charge in [-0.3, -0.25) is 4.79 Å². The largest absolute Gasteiger partial charge is 0.352 e. The van der Waals surface area contributed by atoms with E-state index in [0.717, 1.165) is 25.2 Å². The summed E-state index contributed by atoms with van der Waals surface area (Å²) < 4.78 is 0. The lowest BCUT2D eigenvalue weighted by atomic mass is 10.00. The van der Waals surface area contributed by atoms with E-state index in [1.807, 2.05) is 16.8 Å². The summed E-state index contributed by atoms with van der Waals surface area (Å²) in [6.07, 6.45) is 2.44. The SMILES string of the molecule is Cl.O=C(NCC1CCCNC1)c1ccsc1. The molecule has 0 radical (unpaired) electrons. The summed E-state index contributed by atoms with van der Waals surface area (Å²) >= 11 is 1.56. The predicted octanol–water partition coefficient (Wildman–Crippen LogP) is 1.90. The fraction of sp³-hybridized carbons (Fsp3) is 0.545. The van der Waals surface area contributed by atoms with Crippen molar-refractivity contribution in [2.24, 2.45) is 5.92 Å². The summed E-state index contributed by atoms with van der Waals surface area (Å²) in [4.78, 5) is 11.6. The van der Waals surface area contributed by atoms with E-state index in [1.54, 1.807) is 11.3 Å². The van der Waals surface area contributed by atoms with Gasteiger partial charge in [-0.1, -0.05) is 0 Å². The van der Waals surface area contributed by atoms with Gasteiger partial charge in [0.05, 0.1) is 0 Å². The van der Waals surface area contributed by atoms with E-state index in [-0.39, 0.29) is 18.3 Å². The minimum absolute atomic E-state index is 0. The molecule has 1 fully saturated rings. The molecule has 90 valence electrons. The molecule has 1 saturated heterocycles. The maximum Gasteiger partial charge on any atom is 0.252 e. The van der Waals surface area contributed by atoms with Crippen LogP contribution in [0.25, 0.3) is 0 Å². The van der Waals surface area contributed by atoms with Gasteiger partial charge in [-0.2, -0.15) is 11.3 Å². The van der Waals surface area contributed by atoms with Crippen LogP contribution in [0, 0.1) is 5.92 Å². The van der Waals surface area contributed by atoms with Crippen molar-refractivity contribution in [3.63, 3.8) is 0 Å². The summed E-state index contributed by atoms with van der Waals surface area (Å²) in [5.74, 6) is 0.656. The lowest BCUT2D eigenvalue weighted by Gasteiger charge is -2.22. The third kappa shape index (κ3) is 3.77. The van der Waals surface area contributed by atoms with Crippen molar-refractivity contribution < 1.29 is 4.79 Å². The molecule has 0 saturated carbocycles. The van der Waals surface area contributed by atoms with E-state index in [2.05, 4.69) is 10.6 Å². The molecule has 0 bridgehead atoms. The van der Waals surface area contributed by atoms with E-state index < -0.39 is 0 Å². The van der Waals surface area contributed by atoms with Crippen LogP contribution in [-0.2, 0) is 0 Å². The van der Waals surface area contributed by atoms with Crippen LogP contribution in [0.15, 0.2) is 16.8 Å². The van der Waals surface area contributed by atoms with Gasteiger partial charge >= 0.3 is 0 Å². The molecule has 1 unspecified atom stereocenters. The van der Waals surface area contributed by atoms with Crippen LogP contribution in [-0.4, -0.2) is 25.5 Å². The lowest BCUT2D eigenvalue weighted by Crippen LogP contribution is -2.37. The zero-order chi connectivity index (χ0) is 10.5. The first kappa shape index (κ1) is 13.5. The smallest absolute Gasteiger partial charge is 0.252 e. The lowest BCUT2D eigenvalue weighted by molar-refractivity contribution is 0.0945. The Hall–Kier alpha value is -0.580. The first-order chi connectivity index (χ1) is 7.36. The van der Waals surface area contributed by atoms with E-state index in [0.29, 0.717) is 5.92 Å². The summed E-state index contributed by atoms with van der Waals surface area (Å²) in [6, 6.07) is 1.86. The number of piperidine rings is 1. The molecule has 1 aliphatic rings. The van der Waals surface area contributed by atoms with Gasteiger partial charge < -0.3 is 10.6 Å². The maximum atomic E-state index is 11.6. The van der Waals surface area contributed by atoms with Gasteiger partial charge in [-0.15, -0.1) is 12.4 Å². The fourth-order valence-corrected chi connectivity index (χ4v) is 2.47. The van der Waals surface area contributed by atoms with Crippen molar-refractivity contribution in [3.05, 3.63) is 22.4 Å². The van der Waals surface area contributed by atoms with Crippen molar-refractivity contribution in [2.75, 3.05) is 19.6 Å². The van der Waals surface area contributed by atoms with Gasteiger partial charge in [0.1, 0.15) is 0 Å². The molecule has 5 heteroatoms. The number of amides is 1. The molecule has 1 aromatic rings. The van der Waals surface area contributed by atoms with Crippen LogP contribution >= 0.6 is 23.7 Å². The molecule has 0 aliphatic carbocycles. The molecule has 2 rings (SSSR count). The van der Waals surface area contributed by atoms with Crippen LogP contribution < -0.4 is 10.6 Å². The second-order valence-electron chi connectivity index (χ2n) is 3.93. The standard InChI is InChI=1S/C11H16N2OS.ClH/c14-11(10-3-5-15-8-10)13-7-9-2-1-4-12-6-9;/h3,5,8-9,12H,1-2,4,6-7H2,(H,13,14);1H. The summed E-state index contributed by atoms with van der Waals surface area (Å²) in [7, 11) is 0. The zero-order valence-electron chi connectivity index (χ0n) is 9.07. The molecular formula is C11H17ClN2OS. The molecule has 1 aliphatic heterocycles. The Morgan fingerprint density at radius 3 is 3.12 bits per heavy atom. The maximum absolute atomic E-state index is 11.6. The number of rotatable bonds is 3. The molecule has 2 heterocycles. The first-order valence-corrected chi connectivity index (χ1v) is 6.31. The van der Waals surface area contributed by atoms with E-state index in [4.69, 9.17) is 0 Å². The fourth-order valence-electron chi connectivity index (χ4n) is 1.83. The van der Waals surface area contributed by atoms with Crippen molar-refractivity contribution in [1.29, 1.82) is 0 Å². The molecule has 1 atom stereocenters. The quantitative estimate of drug-likeness (QED) is 0.872. The van der Waals surface area contributed by atoms with Crippen molar-refractivity contribution >= 4 is 29.7 Å². The van der Waals surface area contributed by atoms with E-state index in [1.165, 1.54) is 12.8 Å². The second-order valence-corrected chi connectivity index (χ2v) is 4.71. The minimum atomic E-state index is 0. The number of nitrogens with one attached hydrogen (secondary N) is 2. The molecule has 2 N–H and O–H groups in total. The highest BCUT2D eigenvalue weighted by Crippen LogP contribution is 2.09. The molecule has 3 nitrogen and oxygen atoms in total. The molecule has 0 aromatic carbocycles. The summed E-state index contributed by atoms with van der Waals surface area (Å²) in [6.45, 7) is 2.95. The number of hydrogen-bond donors (Lipinski definition) is 2. The predicted molar refractivity (Wildman–Crippen MR) is 69.5 cm³/mol. The van der Waals surface area contributed by atoms with Crippen LogP contribution in [0.1, 0.15) is 23.2 Å². The van der Waals surface area contributed by atoms with Gasteiger partial charge in [-0.25, -0.2) is 0 Å². The van der Waals surface area contributed by atoms with Gasteiger partial charge in [0.2, 0.25) is 0 Å². The molecule has 1 aromatic heterocycles. The normalized spacial score (nSPS) is 19.9. The van der Waals surface area contributed by atoms with Gasteiger partial charge in [0.15, 0.2) is 0 Å². The second kappa shape index (κ2) is 6.89. The molecular weight excluding hydrogens is 244 g/mol. The average molecular weight is 261 g/mol. The number of thiophene rings is 1. The third-order valence-corrected chi connectivity index (χ3v) is 3.42. The Bertz CT molecular complexity index is 310. The average Bonchev–Trinajstić information content (AvgIpc) is 2.81. The van der Waals surface area contributed by atoms with Crippen LogP contribution in [0.2, 0.25) is 0 Å².